The summed E-state index contributed by atoms with van der Waals surface area (Å²) in [5.41, 5.74) is 0.370. The summed E-state index contributed by atoms with van der Waals surface area (Å²) in [5, 5.41) is 0. The molecule has 3 aliphatic carbocycles. The van der Waals surface area contributed by atoms with Crippen molar-refractivity contribution in [2.75, 3.05) is 0 Å². The summed E-state index contributed by atoms with van der Waals surface area (Å²) in [4.78, 5) is 22.8. The Morgan fingerprint density at radius 1 is 1.25 bits per heavy atom. The number of esters is 2. The van der Waals surface area contributed by atoms with Crippen LogP contribution in [0, 0.1) is 29.1 Å². The summed E-state index contributed by atoms with van der Waals surface area (Å²) in [5.74, 6) is 1.11. The van der Waals surface area contributed by atoms with Crippen molar-refractivity contribution < 1.29 is 14.3 Å². The molecule has 3 nitrogen and oxygen atoms in total. The van der Waals surface area contributed by atoms with Crippen LogP contribution in [0.15, 0.2) is 0 Å². The zero-order chi connectivity index (χ0) is 11.5. The van der Waals surface area contributed by atoms with Gasteiger partial charge >= 0.3 is 11.9 Å². The van der Waals surface area contributed by atoms with Crippen LogP contribution in [0.4, 0.5) is 0 Å². The van der Waals surface area contributed by atoms with Gasteiger partial charge in [0.05, 0.1) is 12.3 Å². The molecule has 0 radical (unpaired) electrons. The Morgan fingerprint density at radius 3 is 2.50 bits per heavy atom. The fourth-order valence-corrected chi connectivity index (χ4v) is 4.17. The molecule has 0 aromatic carbocycles. The summed E-state index contributed by atoms with van der Waals surface area (Å²) >= 11 is 0. The Hall–Kier alpha value is -0.860. The first kappa shape index (κ1) is 10.3. The lowest BCUT2D eigenvalue weighted by molar-refractivity contribution is -0.158. The van der Waals surface area contributed by atoms with Crippen molar-refractivity contribution >= 4 is 11.9 Å². The molecule has 0 aromatic rings. The van der Waals surface area contributed by atoms with Gasteiger partial charge in [-0.15, -0.1) is 0 Å². The van der Waals surface area contributed by atoms with Crippen LogP contribution in [0.3, 0.4) is 0 Å². The molecular formula is C13H18O3. The second kappa shape index (κ2) is 3.08. The average molecular weight is 222 g/mol. The monoisotopic (exact) mass is 222 g/mol. The van der Waals surface area contributed by atoms with Crippen LogP contribution in [-0.2, 0) is 14.3 Å². The van der Waals surface area contributed by atoms with Gasteiger partial charge in [0.2, 0.25) is 0 Å². The van der Waals surface area contributed by atoms with E-state index in [1.54, 1.807) is 0 Å². The number of rotatable bonds is 1. The largest absolute Gasteiger partial charge is 0.393 e. The lowest BCUT2D eigenvalue weighted by atomic mass is 9.44. The minimum atomic E-state index is -0.325. The van der Waals surface area contributed by atoms with E-state index in [1.807, 2.05) is 0 Å². The SMILES string of the molecule is CC1(C)C2CCC(C3CC(=O)OC3=O)C1C2. The van der Waals surface area contributed by atoms with Crippen LogP contribution in [-0.4, -0.2) is 11.9 Å². The van der Waals surface area contributed by atoms with Crippen molar-refractivity contribution in [3.8, 4) is 0 Å². The second-order valence-electron chi connectivity index (χ2n) is 6.21. The Labute approximate surface area is 95.5 Å². The second-order valence-corrected chi connectivity index (χ2v) is 6.21. The highest BCUT2D eigenvalue weighted by Crippen LogP contribution is 2.63. The van der Waals surface area contributed by atoms with Crippen molar-refractivity contribution in [1.82, 2.24) is 0 Å². The summed E-state index contributed by atoms with van der Waals surface area (Å²) in [6.45, 7) is 4.61. The molecule has 4 atom stereocenters. The Kier molecular flexibility index (Phi) is 1.99. The van der Waals surface area contributed by atoms with Gasteiger partial charge in [0.25, 0.3) is 0 Å². The maximum Gasteiger partial charge on any atom is 0.317 e. The molecule has 4 fully saturated rings. The van der Waals surface area contributed by atoms with Crippen LogP contribution in [0.2, 0.25) is 0 Å². The molecule has 1 saturated heterocycles. The van der Waals surface area contributed by atoms with Crippen LogP contribution in [0.1, 0.15) is 39.5 Å². The lowest BCUT2D eigenvalue weighted by Crippen LogP contribution is -2.54. The Bertz CT molecular complexity index is 356. The highest BCUT2D eigenvalue weighted by atomic mass is 16.6. The van der Waals surface area contributed by atoms with Crippen LogP contribution in [0.5, 0.6) is 0 Å². The number of carbonyl (C=O) groups excluding carboxylic acids is 2. The molecule has 0 N–H and O–H groups in total. The fraction of sp³-hybridized carbons (Fsp3) is 0.846. The van der Waals surface area contributed by atoms with Crippen LogP contribution in [0.25, 0.3) is 0 Å². The molecule has 0 spiro atoms. The maximum atomic E-state index is 11.6. The summed E-state index contributed by atoms with van der Waals surface area (Å²) < 4.78 is 4.68. The average Bonchev–Trinajstić information content (AvgIpc) is 2.57. The molecule has 3 saturated carbocycles. The van der Waals surface area contributed by atoms with E-state index in [-0.39, 0.29) is 17.9 Å². The molecular weight excluding hydrogens is 204 g/mol. The Morgan fingerprint density at radius 2 is 2.00 bits per heavy atom. The molecule has 2 bridgehead atoms. The minimum Gasteiger partial charge on any atom is -0.393 e. The van der Waals surface area contributed by atoms with Crippen molar-refractivity contribution in [2.24, 2.45) is 29.1 Å². The molecule has 1 aliphatic heterocycles. The third-order valence-electron chi connectivity index (χ3n) is 5.33. The zero-order valence-corrected chi connectivity index (χ0v) is 9.86. The van der Waals surface area contributed by atoms with E-state index in [9.17, 15) is 9.59 Å². The highest BCUT2D eigenvalue weighted by Gasteiger charge is 2.58. The third-order valence-corrected chi connectivity index (χ3v) is 5.33. The maximum absolute atomic E-state index is 11.6. The van der Waals surface area contributed by atoms with Gasteiger partial charge in [0.15, 0.2) is 0 Å². The number of hydrogen-bond acceptors (Lipinski definition) is 3. The third kappa shape index (κ3) is 1.20. The smallest absolute Gasteiger partial charge is 0.317 e. The lowest BCUT2D eigenvalue weighted by Gasteiger charge is -2.60. The van der Waals surface area contributed by atoms with E-state index < -0.39 is 0 Å². The normalized spacial score (nSPS) is 45.1. The molecule has 0 amide bonds. The molecule has 4 unspecified atom stereocenters. The molecule has 0 aromatic heterocycles. The van der Waals surface area contributed by atoms with Gasteiger partial charge in [-0.3, -0.25) is 9.59 Å². The van der Waals surface area contributed by atoms with Gasteiger partial charge in [0.1, 0.15) is 0 Å². The van der Waals surface area contributed by atoms with Crippen molar-refractivity contribution in [2.45, 2.75) is 39.5 Å². The van der Waals surface area contributed by atoms with Crippen molar-refractivity contribution in [3.63, 3.8) is 0 Å². The van der Waals surface area contributed by atoms with E-state index in [2.05, 4.69) is 18.6 Å². The number of fused-ring (bicyclic) bond motifs is 2. The summed E-state index contributed by atoms with van der Waals surface area (Å²) in [6, 6.07) is 0. The first-order valence-corrected chi connectivity index (χ1v) is 6.24. The van der Waals surface area contributed by atoms with Crippen molar-refractivity contribution in [1.29, 1.82) is 0 Å². The number of hydrogen-bond donors (Lipinski definition) is 0. The van der Waals surface area contributed by atoms with Crippen LogP contribution < -0.4 is 0 Å². The molecule has 4 rings (SSSR count). The van der Waals surface area contributed by atoms with Gasteiger partial charge in [-0.1, -0.05) is 13.8 Å². The summed E-state index contributed by atoms with van der Waals surface area (Å²) in [6.07, 6.45) is 3.88. The van der Waals surface area contributed by atoms with Gasteiger partial charge < -0.3 is 4.74 Å². The quantitative estimate of drug-likeness (QED) is 0.504. The van der Waals surface area contributed by atoms with E-state index >= 15 is 0 Å². The van der Waals surface area contributed by atoms with E-state index in [0.29, 0.717) is 23.7 Å². The fourth-order valence-electron chi connectivity index (χ4n) is 4.17. The van der Waals surface area contributed by atoms with Crippen molar-refractivity contribution in [3.05, 3.63) is 0 Å². The minimum absolute atomic E-state index is 0.141. The van der Waals surface area contributed by atoms with Gasteiger partial charge in [-0.05, 0) is 42.4 Å². The molecule has 1 heterocycles. The standard InChI is InChI=1S/C13H18O3/c1-13(2)7-3-4-8(10(13)5-7)9-6-11(14)16-12(9)15/h7-10H,3-6H2,1-2H3. The van der Waals surface area contributed by atoms with Gasteiger partial charge in [0, 0.05) is 0 Å². The predicted molar refractivity (Wildman–Crippen MR) is 57.3 cm³/mol. The molecule has 3 heteroatoms. The first-order chi connectivity index (χ1) is 7.50. The number of carbonyl (C=O) groups is 2. The van der Waals surface area contributed by atoms with Gasteiger partial charge in [-0.2, -0.15) is 0 Å². The Balaban J connectivity index is 1.81. The van der Waals surface area contributed by atoms with E-state index in [1.165, 1.54) is 12.8 Å². The van der Waals surface area contributed by atoms with E-state index in [0.717, 1.165) is 12.3 Å². The molecule has 88 valence electrons. The highest BCUT2D eigenvalue weighted by molar-refractivity contribution is 5.94. The van der Waals surface area contributed by atoms with Crippen LogP contribution >= 0.6 is 0 Å². The molecule has 4 aliphatic rings. The predicted octanol–water partition coefficient (Wildman–Crippen LogP) is 2.15. The topological polar surface area (TPSA) is 43.4 Å². The number of ether oxygens (including phenoxy) is 1. The van der Waals surface area contributed by atoms with Gasteiger partial charge in [-0.25, -0.2) is 0 Å². The molecule has 16 heavy (non-hydrogen) atoms. The first-order valence-electron chi connectivity index (χ1n) is 6.24. The zero-order valence-electron chi connectivity index (χ0n) is 9.86. The summed E-state index contributed by atoms with van der Waals surface area (Å²) in [7, 11) is 0. The number of cyclic esters (lactones) is 2. The van der Waals surface area contributed by atoms with E-state index in [4.69, 9.17) is 0 Å².